The Hall–Kier alpha value is -2.68. The Kier molecular flexibility index (Phi) is 5.83. The van der Waals surface area contributed by atoms with Crippen LogP contribution < -0.4 is 9.47 Å². The van der Waals surface area contributed by atoms with Gasteiger partial charge in [-0.25, -0.2) is 0 Å². The first kappa shape index (κ1) is 20.1. The van der Waals surface area contributed by atoms with Crippen molar-refractivity contribution < 1.29 is 36.6 Å². The largest absolute Gasteiger partial charge is 0.497 e. The molecule has 2 heterocycles. The average molecular weight is 399 g/mol. The predicted octanol–water partition coefficient (Wildman–Crippen LogP) is 3.54. The van der Waals surface area contributed by atoms with Gasteiger partial charge in [0.15, 0.2) is 0 Å². The van der Waals surface area contributed by atoms with E-state index in [0.29, 0.717) is 11.5 Å². The highest BCUT2D eigenvalue weighted by Crippen LogP contribution is 2.34. The predicted molar refractivity (Wildman–Crippen MR) is 92.6 cm³/mol. The minimum atomic E-state index is -4.75. The molecular weight excluding hydrogens is 379 g/mol. The van der Waals surface area contributed by atoms with E-state index in [-0.39, 0.29) is 32.1 Å². The van der Waals surface area contributed by atoms with Crippen LogP contribution >= 0.6 is 0 Å². The van der Waals surface area contributed by atoms with Crippen molar-refractivity contribution in [1.29, 1.82) is 0 Å². The van der Waals surface area contributed by atoms with Gasteiger partial charge in [0.25, 0.3) is 5.91 Å². The standard InChI is InChI=1S/C19H20F3NO5/c1-12-9-16(17(27-12)19(20,21)22)18(24)23-7-8-26-11-15(10-23)28-14-5-3-13(25-2)4-6-14/h3-6,9,15H,7-8,10-11H2,1-2H3/t15-/m1/s1. The third-order valence-electron chi connectivity index (χ3n) is 4.23. The lowest BCUT2D eigenvalue weighted by Gasteiger charge is -2.24. The Bertz CT molecular complexity index is 816. The van der Waals surface area contributed by atoms with E-state index >= 15 is 0 Å². The molecule has 0 N–H and O–H groups in total. The Morgan fingerprint density at radius 2 is 1.89 bits per heavy atom. The number of hydrogen-bond donors (Lipinski definition) is 0. The van der Waals surface area contributed by atoms with Crippen LogP contribution in [0.15, 0.2) is 34.7 Å². The summed E-state index contributed by atoms with van der Waals surface area (Å²) in [6.07, 6.45) is -5.28. The highest BCUT2D eigenvalue weighted by Gasteiger charge is 2.41. The van der Waals surface area contributed by atoms with Crippen molar-refractivity contribution in [2.45, 2.75) is 19.2 Å². The lowest BCUT2D eigenvalue weighted by molar-refractivity contribution is -0.153. The number of halogens is 3. The Labute approximate surface area is 159 Å². The molecule has 0 spiro atoms. The van der Waals surface area contributed by atoms with Crippen molar-refractivity contribution in [3.8, 4) is 11.5 Å². The van der Waals surface area contributed by atoms with E-state index in [1.165, 1.54) is 11.8 Å². The maximum Gasteiger partial charge on any atom is 0.450 e. The number of benzene rings is 1. The molecule has 0 unspecified atom stereocenters. The third-order valence-corrected chi connectivity index (χ3v) is 4.23. The normalized spacial score (nSPS) is 17.9. The van der Waals surface area contributed by atoms with Crippen LogP contribution in [0, 0.1) is 6.92 Å². The van der Waals surface area contributed by atoms with E-state index in [2.05, 4.69) is 0 Å². The highest BCUT2D eigenvalue weighted by molar-refractivity contribution is 5.95. The lowest BCUT2D eigenvalue weighted by atomic mass is 10.2. The van der Waals surface area contributed by atoms with Gasteiger partial charge in [-0.1, -0.05) is 0 Å². The summed E-state index contributed by atoms with van der Waals surface area (Å²) in [6.45, 7) is 2.03. The van der Waals surface area contributed by atoms with E-state index in [4.69, 9.17) is 18.6 Å². The van der Waals surface area contributed by atoms with Crippen molar-refractivity contribution in [3.05, 3.63) is 47.4 Å². The molecule has 2 aromatic rings. The molecule has 1 aliphatic rings. The smallest absolute Gasteiger partial charge is 0.450 e. The summed E-state index contributed by atoms with van der Waals surface area (Å²) < 4.78 is 60.6. The number of methoxy groups -OCH3 is 1. The second-order valence-corrected chi connectivity index (χ2v) is 6.34. The summed E-state index contributed by atoms with van der Waals surface area (Å²) in [5, 5.41) is 0. The molecule has 1 aliphatic heterocycles. The molecule has 3 rings (SSSR count). The zero-order chi connectivity index (χ0) is 20.3. The summed E-state index contributed by atoms with van der Waals surface area (Å²) in [6, 6.07) is 7.96. The summed E-state index contributed by atoms with van der Waals surface area (Å²) >= 11 is 0. The van der Waals surface area contributed by atoms with E-state index in [9.17, 15) is 18.0 Å². The number of furan rings is 1. The van der Waals surface area contributed by atoms with Gasteiger partial charge < -0.3 is 23.5 Å². The first-order chi connectivity index (χ1) is 13.3. The fourth-order valence-corrected chi connectivity index (χ4v) is 2.94. The monoisotopic (exact) mass is 399 g/mol. The van der Waals surface area contributed by atoms with Crippen molar-refractivity contribution in [2.24, 2.45) is 0 Å². The van der Waals surface area contributed by atoms with Gasteiger partial charge in [-0.3, -0.25) is 4.79 Å². The van der Waals surface area contributed by atoms with Gasteiger partial charge >= 0.3 is 6.18 Å². The maximum absolute atomic E-state index is 13.2. The number of carbonyl (C=O) groups excluding carboxylic acids is 1. The molecule has 1 amide bonds. The quantitative estimate of drug-likeness (QED) is 0.787. The van der Waals surface area contributed by atoms with Crippen molar-refractivity contribution in [2.75, 3.05) is 33.4 Å². The Balaban J connectivity index is 1.75. The van der Waals surface area contributed by atoms with Crippen LogP contribution in [0.5, 0.6) is 11.5 Å². The van der Waals surface area contributed by atoms with Gasteiger partial charge in [0, 0.05) is 6.54 Å². The molecule has 1 aromatic carbocycles. The second-order valence-electron chi connectivity index (χ2n) is 6.34. The van der Waals surface area contributed by atoms with Crippen LogP contribution in [-0.2, 0) is 10.9 Å². The Morgan fingerprint density at radius 3 is 2.54 bits per heavy atom. The molecule has 9 heteroatoms. The zero-order valence-corrected chi connectivity index (χ0v) is 15.4. The average Bonchev–Trinajstić information content (AvgIpc) is 2.91. The summed E-state index contributed by atoms with van der Waals surface area (Å²) in [5.74, 6) is -0.825. The Morgan fingerprint density at radius 1 is 1.21 bits per heavy atom. The van der Waals surface area contributed by atoms with Crippen LogP contribution in [-0.4, -0.2) is 50.3 Å². The number of rotatable bonds is 4. The van der Waals surface area contributed by atoms with E-state index in [1.54, 1.807) is 31.4 Å². The van der Waals surface area contributed by atoms with E-state index in [0.717, 1.165) is 6.07 Å². The molecular formula is C19H20F3NO5. The minimum absolute atomic E-state index is 0.0211. The van der Waals surface area contributed by atoms with Crippen molar-refractivity contribution in [3.63, 3.8) is 0 Å². The van der Waals surface area contributed by atoms with Crippen molar-refractivity contribution >= 4 is 5.91 Å². The van der Waals surface area contributed by atoms with Gasteiger partial charge in [-0.05, 0) is 37.3 Å². The summed E-state index contributed by atoms with van der Waals surface area (Å²) in [7, 11) is 1.55. The van der Waals surface area contributed by atoms with E-state index in [1.807, 2.05) is 0 Å². The molecule has 1 aromatic heterocycles. The molecule has 0 aliphatic carbocycles. The number of ether oxygens (including phenoxy) is 3. The summed E-state index contributed by atoms with van der Waals surface area (Å²) in [5.41, 5.74) is -0.505. The van der Waals surface area contributed by atoms with Gasteiger partial charge in [0.1, 0.15) is 23.4 Å². The number of carbonyl (C=O) groups is 1. The minimum Gasteiger partial charge on any atom is -0.497 e. The zero-order valence-electron chi connectivity index (χ0n) is 15.4. The highest BCUT2D eigenvalue weighted by atomic mass is 19.4. The number of alkyl halides is 3. The number of amides is 1. The van der Waals surface area contributed by atoms with Gasteiger partial charge in [-0.15, -0.1) is 0 Å². The molecule has 1 atom stereocenters. The molecule has 0 bridgehead atoms. The molecule has 1 saturated heterocycles. The first-order valence-corrected chi connectivity index (χ1v) is 8.63. The van der Waals surface area contributed by atoms with Crippen LogP contribution in [0.25, 0.3) is 0 Å². The molecule has 28 heavy (non-hydrogen) atoms. The van der Waals surface area contributed by atoms with Gasteiger partial charge in [0.2, 0.25) is 5.76 Å². The van der Waals surface area contributed by atoms with E-state index < -0.39 is 29.5 Å². The number of aryl methyl sites for hydroxylation is 1. The van der Waals surface area contributed by atoms with Crippen LogP contribution in [0.2, 0.25) is 0 Å². The molecule has 152 valence electrons. The number of nitrogens with zero attached hydrogens (tertiary/aromatic N) is 1. The van der Waals surface area contributed by atoms with Crippen molar-refractivity contribution in [1.82, 2.24) is 4.90 Å². The van der Waals surface area contributed by atoms with Gasteiger partial charge in [0.05, 0.1) is 32.4 Å². The fraction of sp³-hybridized carbons (Fsp3) is 0.421. The van der Waals surface area contributed by atoms with Crippen LogP contribution in [0.4, 0.5) is 13.2 Å². The lowest BCUT2D eigenvalue weighted by Crippen LogP contribution is -2.40. The molecule has 6 nitrogen and oxygen atoms in total. The molecule has 0 saturated carbocycles. The molecule has 1 fully saturated rings. The number of hydrogen-bond acceptors (Lipinski definition) is 5. The summed E-state index contributed by atoms with van der Waals surface area (Å²) in [4.78, 5) is 14.0. The molecule has 0 radical (unpaired) electrons. The first-order valence-electron chi connectivity index (χ1n) is 8.63. The SMILES string of the molecule is COc1ccc(O[C@H]2COCCN(C(=O)c3cc(C)oc3C(F)(F)F)C2)cc1. The van der Waals surface area contributed by atoms with Gasteiger partial charge in [-0.2, -0.15) is 13.2 Å². The topological polar surface area (TPSA) is 61.1 Å². The van der Waals surface area contributed by atoms with Crippen LogP contribution in [0.3, 0.4) is 0 Å². The fourth-order valence-electron chi connectivity index (χ4n) is 2.94. The maximum atomic E-state index is 13.2. The second kappa shape index (κ2) is 8.14. The third kappa shape index (κ3) is 4.59. The van der Waals surface area contributed by atoms with Crippen LogP contribution in [0.1, 0.15) is 21.9 Å².